The summed E-state index contributed by atoms with van der Waals surface area (Å²) >= 11 is 0. The van der Waals surface area contributed by atoms with Gasteiger partial charge in [0.1, 0.15) is 0 Å². The summed E-state index contributed by atoms with van der Waals surface area (Å²) in [7, 11) is 0. The van der Waals surface area contributed by atoms with Crippen molar-refractivity contribution >= 4 is 21.8 Å². The molecule has 0 fully saturated rings. The Hall–Kier alpha value is -2.74. The van der Waals surface area contributed by atoms with Crippen molar-refractivity contribution in [2.75, 3.05) is 0 Å². The van der Waals surface area contributed by atoms with Crippen LogP contribution >= 0.6 is 0 Å². The quantitative estimate of drug-likeness (QED) is 0.411. The van der Waals surface area contributed by atoms with Crippen molar-refractivity contribution in [2.45, 2.75) is 38.5 Å². The summed E-state index contributed by atoms with van der Waals surface area (Å²) in [6, 6.07) is 21.3. The van der Waals surface area contributed by atoms with Crippen molar-refractivity contribution in [3.63, 3.8) is 0 Å². The van der Waals surface area contributed by atoms with Gasteiger partial charge in [-0.2, -0.15) is 0 Å². The monoisotopic (exact) mass is 340 g/mol. The number of fused-ring (bicyclic) bond motifs is 2. The first-order valence-corrected chi connectivity index (χ1v) is 9.52. The van der Waals surface area contributed by atoms with E-state index in [9.17, 15) is 0 Å². The summed E-state index contributed by atoms with van der Waals surface area (Å²) in [5, 5.41) is 2.47. The second-order valence-corrected chi connectivity index (χ2v) is 7.00. The molecule has 26 heavy (non-hydrogen) atoms. The van der Waals surface area contributed by atoms with Gasteiger partial charge in [0, 0.05) is 23.2 Å². The van der Waals surface area contributed by atoms with Gasteiger partial charge in [-0.05, 0) is 67.0 Å². The average molecular weight is 340 g/mol. The summed E-state index contributed by atoms with van der Waals surface area (Å²) in [4.78, 5) is 9.22. The first kappa shape index (κ1) is 16.7. The van der Waals surface area contributed by atoms with E-state index in [0.29, 0.717) is 5.92 Å². The van der Waals surface area contributed by atoms with Crippen molar-refractivity contribution < 1.29 is 0 Å². The third kappa shape index (κ3) is 3.60. The van der Waals surface area contributed by atoms with Gasteiger partial charge in [-0.25, -0.2) is 0 Å². The van der Waals surface area contributed by atoms with Gasteiger partial charge in [0.25, 0.3) is 0 Å². The first-order chi connectivity index (χ1) is 12.8. The molecule has 1 atom stereocenters. The third-order valence-corrected chi connectivity index (χ3v) is 5.24. The molecule has 0 saturated heterocycles. The van der Waals surface area contributed by atoms with Crippen LogP contribution in [0.4, 0.5) is 0 Å². The maximum Gasteiger partial charge on any atom is 0.0702 e. The number of aromatic nitrogens is 2. The summed E-state index contributed by atoms with van der Waals surface area (Å²) < 4.78 is 0. The average Bonchev–Trinajstić information content (AvgIpc) is 2.71. The fourth-order valence-corrected chi connectivity index (χ4v) is 3.72. The predicted molar refractivity (Wildman–Crippen MR) is 109 cm³/mol. The summed E-state index contributed by atoms with van der Waals surface area (Å²) in [6.07, 6.45) is 8.68. The zero-order valence-electron chi connectivity index (χ0n) is 15.2. The Balaban J connectivity index is 1.44. The van der Waals surface area contributed by atoms with Crippen molar-refractivity contribution in [1.82, 2.24) is 9.97 Å². The normalized spacial score (nSPS) is 12.5. The highest BCUT2D eigenvalue weighted by molar-refractivity contribution is 5.79. The largest absolute Gasteiger partial charge is 0.256 e. The molecule has 2 aromatic heterocycles. The zero-order chi connectivity index (χ0) is 17.8. The molecule has 0 amide bonds. The van der Waals surface area contributed by atoms with Crippen LogP contribution in [0.2, 0.25) is 0 Å². The second-order valence-electron chi connectivity index (χ2n) is 7.00. The van der Waals surface area contributed by atoms with Crippen LogP contribution in [-0.4, -0.2) is 9.97 Å². The molecule has 0 spiro atoms. The van der Waals surface area contributed by atoms with Gasteiger partial charge in [0.05, 0.1) is 11.0 Å². The minimum absolute atomic E-state index is 0.570. The van der Waals surface area contributed by atoms with Gasteiger partial charge in [-0.15, -0.1) is 0 Å². The van der Waals surface area contributed by atoms with Gasteiger partial charge in [0.2, 0.25) is 0 Å². The Morgan fingerprint density at radius 1 is 0.808 bits per heavy atom. The van der Waals surface area contributed by atoms with E-state index in [-0.39, 0.29) is 0 Å². The Labute approximate surface area is 154 Å². The van der Waals surface area contributed by atoms with Gasteiger partial charge < -0.3 is 0 Å². The third-order valence-electron chi connectivity index (χ3n) is 5.24. The topological polar surface area (TPSA) is 25.8 Å². The van der Waals surface area contributed by atoms with E-state index in [1.54, 1.807) is 0 Å². The van der Waals surface area contributed by atoms with Crippen LogP contribution in [0.25, 0.3) is 21.8 Å². The molecule has 0 aliphatic heterocycles. The fourth-order valence-electron chi connectivity index (χ4n) is 3.72. The minimum atomic E-state index is 0.570. The van der Waals surface area contributed by atoms with Crippen LogP contribution < -0.4 is 0 Å². The van der Waals surface area contributed by atoms with Crippen molar-refractivity contribution in [3.05, 3.63) is 84.2 Å². The number of hydrogen-bond donors (Lipinski definition) is 0. The number of para-hydroxylation sites is 2. The molecule has 1 unspecified atom stereocenters. The lowest BCUT2D eigenvalue weighted by molar-refractivity contribution is 0.575. The maximum atomic E-state index is 4.64. The fraction of sp³-hybridized carbons (Fsp3) is 0.250. The Kier molecular flexibility index (Phi) is 4.92. The molecular formula is C24H24N2. The molecule has 4 aromatic rings. The van der Waals surface area contributed by atoms with Crippen LogP contribution in [-0.2, 0) is 6.42 Å². The second kappa shape index (κ2) is 7.65. The highest BCUT2D eigenvalue weighted by Crippen LogP contribution is 2.27. The van der Waals surface area contributed by atoms with Crippen LogP contribution in [0.1, 0.15) is 43.2 Å². The molecule has 2 nitrogen and oxygen atoms in total. The zero-order valence-corrected chi connectivity index (χ0v) is 15.2. The number of nitrogens with zero attached hydrogens (tertiary/aromatic N) is 2. The first-order valence-electron chi connectivity index (χ1n) is 9.52. The van der Waals surface area contributed by atoms with Crippen LogP contribution in [0.15, 0.2) is 73.1 Å². The number of aryl methyl sites for hydroxylation is 1. The van der Waals surface area contributed by atoms with Gasteiger partial charge in [0.15, 0.2) is 0 Å². The summed E-state index contributed by atoms with van der Waals surface area (Å²) in [5.41, 5.74) is 4.84. The van der Waals surface area contributed by atoms with Gasteiger partial charge >= 0.3 is 0 Å². The maximum absolute atomic E-state index is 4.64. The molecule has 0 bridgehead atoms. The van der Waals surface area contributed by atoms with E-state index < -0.39 is 0 Å². The predicted octanol–water partition coefficient (Wildman–Crippen LogP) is 6.30. The molecular weight excluding hydrogens is 316 g/mol. The highest BCUT2D eigenvalue weighted by atomic mass is 14.7. The molecule has 2 heterocycles. The molecule has 130 valence electrons. The van der Waals surface area contributed by atoms with Crippen molar-refractivity contribution in [3.8, 4) is 0 Å². The number of hydrogen-bond acceptors (Lipinski definition) is 2. The number of pyridine rings is 2. The smallest absolute Gasteiger partial charge is 0.0702 e. The van der Waals surface area contributed by atoms with E-state index in [1.165, 1.54) is 34.7 Å². The summed E-state index contributed by atoms with van der Waals surface area (Å²) in [6.45, 7) is 2.28. The minimum Gasteiger partial charge on any atom is -0.256 e. The van der Waals surface area contributed by atoms with Crippen LogP contribution in [0, 0.1) is 0 Å². The molecule has 0 saturated carbocycles. The van der Waals surface area contributed by atoms with E-state index in [0.717, 1.165) is 23.9 Å². The molecule has 0 aliphatic carbocycles. The van der Waals surface area contributed by atoms with Crippen LogP contribution in [0.3, 0.4) is 0 Å². The van der Waals surface area contributed by atoms with E-state index >= 15 is 0 Å². The lowest BCUT2D eigenvalue weighted by atomic mass is 9.91. The van der Waals surface area contributed by atoms with Gasteiger partial charge in [-0.1, -0.05) is 43.3 Å². The van der Waals surface area contributed by atoms with Crippen LogP contribution in [0.5, 0.6) is 0 Å². The molecule has 2 aromatic carbocycles. The molecule has 0 aliphatic rings. The van der Waals surface area contributed by atoms with E-state index in [2.05, 4.69) is 71.6 Å². The lowest BCUT2D eigenvalue weighted by Crippen LogP contribution is -2.00. The van der Waals surface area contributed by atoms with Gasteiger partial charge in [-0.3, -0.25) is 9.97 Å². The lowest BCUT2D eigenvalue weighted by Gasteiger charge is -2.15. The molecule has 0 N–H and O–H groups in total. The molecule has 4 rings (SSSR count). The molecule has 0 radical (unpaired) electrons. The highest BCUT2D eigenvalue weighted by Gasteiger charge is 2.11. The number of rotatable bonds is 6. The van der Waals surface area contributed by atoms with E-state index in [4.69, 9.17) is 0 Å². The Morgan fingerprint density at radius 3 is 2.19 bits per heavy atom. The standard InChI is InChI=1S/C24H24N2/c1-2-19(22-15-21-10-4-6-13-24(21)26-17-22)11-7-8-18-14-20-9-3-5-12-23(20)25-16-18/h3-6,9-10,12-17,19H,2,7-8,11H2,1H3. The van der Waals surface area contributed by atoms with E-state index in [1.807, 2.05) is 18.3 Å². The van der Waals surface area contributed by atoms with Crippen molar-refractivity contribution in [1.29, 1.82) is 0 Å². The summed E-state index contributed by atoms with van der Waals surface area (Å²) in [5.74, 6) is 0.570. The Morgan fingerprint density at radius 2 is 1.46 bits per heavy atom. The SMILES string of the molecule is CCC(CCCc1cnc2ccccc2c1)c1cnc2ccccc2c1. The molecule has 2 heteroatoms. The number of benzene rings is 2. The van der Waals surface area contributed by atoms with Crippen molar-refractivity contribution in [2.24, 2.45) is 0 Å². The Bertz CT molecular complexity index is 1020.